The fraction of sp³-hybridized carbons (Fsp3) is 0.308. The topological polar surface area (TPSA) is 42.2 Å². The Bertz CT molecular complexity index is 672. The molecule has 1 aliphatic rings. The number of halogens is 3. The van der Waals surface area contributed by atoms with Gasteiger partial charge < -0.3 is 9.67 Å². The second-order valence-electron chi connectivity index (χ2n) is 4.64. The summed E-state index contributed by atoms with van der Waals surface area (Å²) < 4.78 is 40.4. The van der Waals surface area contributed by atoms with Gasteiger partial charge in [-0.25, -0.2) is 0 Å². The summed E-state index contributed by atoms with van der Waals surface area (Å²) in [6, 6.07) is 5.34. The van der Waals surface area contributed by atoms with Crippen LogP contribution >= 0.6 is 0 Å². The minimum absolute atomic E-state index is 0.0796. The van der Waals surface area contributed by atoms with E-state index in [0.717, 1.165) is 6.07 Å². The van der Waals surface area contributed by atoms with Crippen LogP contribution < -0.4 is 0 Å². The summed E-state index contributed by atoms with van der Waals surface area (Å²) >= 11 is 0. The number of alkyl halides is 3. The highest BCUT2D eigenvalue weighted by Crippen LogP contribution is 2.40. The van der Waals surface area contributed by atoms with Crippen LogP contribution in [0.5, 0.6) is 0 Å². The molecule has 0 radical (unpaired) electrons. The van der Waals surface area contributed by atoms with Gasteiger partial charge in [0.05, 0.1) is 11.5 Å². The van der Waals surface area contributed by atoms with Crippen LogP contribution in [0.1, 0.15) is 23.6 Å². The molecule has 0 saturated heterocycles. The maximum Gasteiger partial charge on any atom is 0.417 e. The van der Waals surface area contributed by atoms with Gasteiger partial charge in [0.2, 0.25) is 0 Å². The van der Waals surface area contributed by atoms with Crippen LogP contribution in [0.4, 0.5) is 13.2 Å². The second kappa shape index (κ2) is 3.76. The molecule has 0 aliphatic carbocycles. The summed E-state index contributed by atoms with van der Waals surface area (Å²) in [5, 5.41) is 9.16. The zero-order valence-electron chi connectivity index (χ0n) is 9.74. The van der Waals surface area contributed by atoms with Crippen molar-refractivity contribution in [3.63, 3.8) is 0 Å². The van der Waals surface area contributed by atoms with Crippen LogP contribution in [0.25, 0.3) is 10.9 Å². The summed E-state index contributed by atoms with van der Waals surface area (Å²) in [6.07, 6.45) is -4.00. The van der Waals surface area contributed by atoms with Crippen molar-refractivity contribution in [3.05, 3.63) is 35.5 Å². The third-order valence-corrected chi connectivity index (χ3v) is 3.58. The van der Waals surface area contributed by atoms with Gasteiger partial charge in [-0.3, -0.25) is 4.79 Å². The zero-order valence-corrected chi connectivity index (χ0v) is 9.74. The van der Waals surface area contributed by atoms with Crippen LogP contribution in [0.2, 0.25) is 0 Å². The largest absolute Gasteiger partial charge is 0.481 e. The quantitative estimate of drug-likeness (QED) is 0.863. The number of fused-ring (bicyclic) bond motifs is 3. The Morgan fingerprint density at radius 2 is 2.11 bits per heavy atom. The molecule has 1 N–H and O–H groups in total. The van der Waals surface area contributed by atoms with Gasteiger partial charge in [0.25, 0.3) is 0 Å². The van der Waals surface area contributed by atoms with E-state index in [9.17, 15) is 18.0 Å². The number of benzene rings is 1. The Morgan fingerprint density at radius 3 is 2.74 bits per heavy atom. The van der Waals surface area contributed by atoms with E-state index in [4.69, 9.17) is 5.11 Å². The summed E-state index contributed by atoms with van der Waals surface area (Å²) in [5.41, 5.74) is 0.198. The number of aryl methyl sites for hydroxylation is 1. The third kappa shape index (κ3) is 1.70. The van der Waals surface area contributed by atoms with Gasteiger partial charge in [0.15, 0.2) is 0 Å². The minimum atomic E-state index is -4.43. The number of nitrogens with zero attached hydrogens (tertiary/aromatic N) is 1. The average molecular weight is 269 g/mol. The SMILES string of the molecule is O=C(O)C1CCn2c1cc1c(C(F)(F)F)cccc12. The van der Waals surface area contributed by atoms with Gasteiger partial charge in [-0.05, 0) is 24.6 Å². The van der Waals surface area contributed by atoms with E-state index in [1.165, 1.54) is 12.1 Å². The average Bonchev–Trinajstić information content (AvgIpc) is 2.84. The van der Waals surface area contributed by atoms with Crippen molar-refractivity contribution < 1.29 is 23.1 Å². The van der Waals surface area contributed by atoms with Gasteiger partial charge in [-0.2, -0.15) is 13.2 Å². The highest BCUT2D eigenvalue weighted by Gasteiger charge is 2.36. The van der Waals surface area contributed by atoms with Crippen LogP contribution in [-0.4, -0.2) is 15.6 Å². The van der Waals surface area contributed by atoms with E-state index in [0.29, 0.717) is 24.2 Å². The van der Waals surface area contributed by atoms with Gasteiger partial charge in [-0.15, -0.1) is 0 Å². The fourth-order valence-electron chi connectivity index (χ4n) is 2.75. The first kappa shape index (κ1) is 12.1. The first-order chi connectivity index (χ1) is 8.89. The predicted molar refractivity (Wildman–Crippen MR) is 61.9 cm³/mol. The molecule has 3 rings (SSSR count). The minimum Gasteiger partial charge on any atom is -0.481 e. The molecule has 6 heteroatoms. The molecule has 1 unspecified atom stereocenters. The lowest BCUT2D eigenvalue weighted by Gasteiger charge is -2.08. The molecule has 1 aliphatic heterocycles. The Morgan fingerprint density at radius 1 is 1.37 bits per heavy atom. The molecule has 1 aromatic heterocycles. The lowest BCUT2D eigenvalue weighted by molar-refractivity contribution is -0.138. The summed E-state index contributed by atoms with van der Waals surface area (Å²) in [4.78, 5) is 11.1. The summed E-state index contributed by atoms with van der Waals surface area (Å²) in [7, 11) is 0. The monoisotopic (exact) mass is 269 g/mol. The van der Waals surface area contributed by atoms with E-state index < -0.39 is 23.6 Å². The lowest BCUT2D eigenvalue weighted by atomic mass is 10.0. The van der Waals surface area contributed by atoms with Gasteiger partial charge in [0.1, 0.15) is 0 Å². The molecule has 100 valence electrons. The number of rotatable bonds is 1. The normalized spacial score (nSPS) is 18.8. The standard InChI is InChI=1S/C13H10F3NO2/c14-13(15,16)9-2-1-3-10-8(9)6-11-7(12(18)19)4-5-17(10)11/h1-3,6-7H,4-5H2,(H,18,19). The molecule has 0 fully saturated rings. The molecule has 0 spiro atoms. The van der Waals surface area contributed by atoms with Gasteiger partial charge >= 0.3 is 12.1 Å². The fourth-order valence-corrected chi connectivity index (χ4v) is 2.75. The molecule has 3 nitrogen and oxygen atoms in total. The Balaban J connectivity index is 2.27. The van der Waals surface area contributed by atoms with E-state index in [1.54, 1.807) is 10.6 Å². The Hall–Kier alpha value is -1.98. The van der Waals surface area contributed by atoms with Crippen LogP contribution in [-0.2, 0) is 17.5 Å². The summed E-state index contributed by atoms with van der Waals surface area (Å²) in [6.45, 7) is 0.442. The Kier molecular flexibility index (Phi) is 2.39. The molecular formula is C13H10F3NO2. The highest BCUT2D eigenvalue weighted by atomic mass is 19.4. The molecular weight excluding hydrogens is 259 g/mol. The van der Waals surface area contributed by atoms with E-state index in [-0.39, 0.29) is 5.39 Å². The first-order valence-electron chi connectivity index (χ1n) is 5.82. The number of hydrogen-bond donors (Lipinski definition) is 1. The Labute approximate surface area is 106 Å². The van der Waals surface area contributed by atoms with Crippen LogP contribution in [0.3, 0.4) is 0 Å². The highest BCUT2D eigenvalue weighted by molar-refractivity contribution is 5.88. The molecule has 1 aromatic carbocycles. The molecule has 19 heavy (non-hydrogen) atoms. The zero-order chi connectivity index (χ0) is 13.8. The molecule has 2 aromatic rings. The van der Waals surface area contributed by atoms with Crippen LogP contribution in [0, 0.1) is 0 Å². The number of aromatic nitrogens is 1. The lowest BCUT2D eigenvalue weighted by Crippen LogP contribution is -2.07. The number of carboxylic acid groups (broad SMARTS) is 1. The van der Waals surface area contributed by atoms with Gasteiger partial charge in [0, 0.05) is 23.1 Å². The maximum atomic E-state index is 12.9. The van der Waals surface area contributed by atoms with E-state index >= 15 is 0 Å². The first-order valence-corrected chi connectivity index (χ1v) is 5.82. The molecule has 1 atom stereocenters. The smallest absolute Gasteiger partial charge is 0.417 e. The van der Waals surface area contributed by atoms with Crippen molar-refractivity contribution in [1.82, 2.24) is 4.57 Å². The number of aliphatic carboxylic acids is 1. The van der Waals surface area contributed by atoms with E-state index in [2.05, 4.69) is 0 Å². The summed E-state index contributed by atoms with van der Waals surface area (Å²) in [5.74, 6) is -1.71. The second-order valence-corrected chi connectivity index (χ2v) is 4.64. The predicted octanol–water partition coefficient (Wildman–Crippen LogP) is 3.23. The van der Waals surface area contributed by atoms with Crippen molar-refractivity contribution >= 4 is 16.9 Å². The third-order valence-electron chi connectivity index (χ3n) is 3.58. The molecule has 2 heterocycles. The molecule has 0 amide bonds. The molecule has 0 bridgehead atoms. The van der Waals surface area contributed by atoms with Crippen molar-refractivity contribution in [1.29, 1.82) is 0 Å². The van der Waals surface area contributed by atoms with Gasteiger partial charge in [-0.1, -0.05) is 6.07 Å². The number of carbonyl (C=O) groups is 1. The van der Waals surface area contributed by atoms with Crippen molar-refractivity contribution in [3.8, 4) is 0 Å². The van der Waals surface area contributed by atoms with Crippen LogP contribution in [0.15, 0.2) is 24.3 Å². The van der Waals surface area contributed by atoms with Crippen molar-refractivity contribution in [2.75, 3.05) is 0 Å². The van der Waals surface area contributed by atoms with E-state index in [1.807, 2.05) is 0 Å². The number of carboxylic acids is 1. The maximum absolute atomic E-state index is 12.9. The van der Waals surface area contributed by atoms with Crippen molar-refractivity contribution in [2.24, 2.45) is 0 Å². The van der Waals surface area contributed by atoms with Crippen molar-refractivity contribution in [2.45, 2.75) is 25.1 Å². The number of hydrogen-bond acceptors (Lipinski definition) is 1. The molecule has 0 saturated carbocycles.